The lowest BCUT2D eigenvalue weighted by molar-refractivity contribution is 0.184. The van der Waals surface area contributed by atoms with Crippen LogP contribution in [-0.4, -0.2) is 24.5 Å². The lowest BCUT2D eigenvalue weighted by Crippen LogP contribution is -2.34. The lowest BCUT2D eigenvalue weighted by Gasteiger charge is -2.30. The van der Waals surface area contributed by atoms with E-state index in [0.29, 0.717) is 5.41 Å². The molecule has 0 unspecified atom stereocenters. The van der Waals surface area contributed by atoms with Crippen molar-refractivity contribution in [3.8, 4) is 0 Å². The van der Waals surface area contributed by atoms with Gasteiger partial charge in [0.2, 0.25) is 0 Å². The second-order valence-electron chi connectivity index (χ2n) is 10.5. The molecule has 28 heavy (non-hydrogen) atoms. The fraction of sp³-hybridized carbons (Fsp3) is 1.00. The molecule has 0 amide bonds. The van der Waals surface area contributed by atoms with Gasteiger partial charge in [-0.25, -0.2) is 0 Å². The monoisotopic (exact) mass is 395 g/mol. The van der Waals surface area contributed by atoms with Gasteiger partial charge in [-0.2, -0.15) is 0 Å². The Morgan fingerprint density at radius 1 is 0.429 bits per heavy atom. The third-order valence-electron chi connectivity index (χ3n) is 5.85. The van der Waals surface area contributed by atoms with Gasteiger partial charge in [-0.3, -0.25) is 0 Å². The zero-order valence-electron chi connectivity index (χ0n) is 20.8. The zero-order chi connectivity index (χ0) is 20.9. The average molecular weight is 396 g/mol. The van der Waals surface area contributed by atoms with Gasteiger partial charge in [-0.05, 0) is 31.3 Å². The molecule has 0 aromatic heterocycles. The van der Waals surface area contributed by atoms with Gasteiger partial charge in [-0.15, -0.1) is 0 Å². The molecule has 0 heterocycles. The number of hydrogen-bond acceptors (Lipinski definition) is 1. The fourth-order valence-corrected chi connectivity index (χ4v) is 4.23. The summed E-state index contributed by atoms with van der Waals surface area (Å²) in [6.07, 6.45) is 25.8. The summed E-state index contributed by atoms with van der Waals surface area (Å²) in [4.78, 5) is 2.77. The maximum Gasteiger partial charge on any atom is 0.00300 e. The normalized spacial score (nSPS) is 12.2. The number of nitrogens with zero attached hydrogens (tertiary/aromatic N) is 1. The van der Waals surface area contributed by atoms with Crippen LogP contribution in [0.25, 0.3) is 0 Å². The van der Waals surface area contributed by atoms with Crippen LogP contribution in [0.3, 0.4) is 0 Å². The molecule has 0 N–H and O–H groups in total. The molecule has 0 fully saturated rings. The first-order valence-corrected chi connectivity index (χ1v) is 13.2. The molecule has 0 radical (unpaired) electrons. The van der Waals surface area contributed by atoms with E-state index < -0.39 is 0 Å². The van der Waals surface area contributed by atoms with Crippen LogP contribution in [0.5, 0.6) is 0 Å². The largest absolute Gasteiger partial charge is 0.303 e. The predicted molar refractivity (Wildman–Crippen MR) is 130 cm³/mol. The van der Waals surface area contributed by atoms with E-state index in [1.807, 2.05) is 0 Å². The first kappa shape index (κ1) is 28.0. The van der Waals surface area contributed by atoms with E-state index in [2.05, 4.69) is 39.5 Å². The summed E-state index contributed by atoms with van der Waals surface area (Å²) >= 11 is 0. The third-order valence-corrected chi connectivity index (χ3v) is 5.85. The molecule has 0 aliphatic carbocycles. The number of rotatable bonds is 21. The van der Waals surface area contributed by atoms with E-state index in [0.717, 1.165) is 0 Å². The smallest absolute Gasteiger partial charge is 0.00300 e. The summed E-state index contributed by atoms with van der Waals surface area (Å²) in [7, 11) is 0. The van der Waals surface area contributed by atoms with Crippen LogP contribution in [0.15, 0.2) is 0 Å². The van der Waals surface area contributed by atoms with Crippen molar-refractivity contribution < 1.29 is 0 Å². The highest BCUT2D eigenvalue weighted by Gasteiger charge is 2.15. The van der Waals surface area contributed by atoms with Crippen molar-refractivity contribution >= 4 is 0 Å². The van der Waals surface area contributed by atoms with E-state index in [9.17, 15) is 0 Å². The molecule has 0 saturated carbocycles. The third kappa shape index (κ3) is 22.3. The molecule has 0 atom stereocenters. The van der Waals surface area contributed by atoms with Crippen LogP contribution in [0.1, 0.15) is 150 Å². The first-order valence-electron chi connectivity index (χ1n) is 13.2. The quantitative estimate of drug-likeness (QED) is 0.175. The van der Waals surface area contributed by atoms with Crippen LogP contribution in [0, 0.1) is 5.41 Å². The summed E-state index contributed by atoms with van der Waals surface area (Å²) in [6, 6.07) is 0. The van der Waals surface area contributed by atoms with Crippen molar-refractivity contribution in [1.82, 2.24) is 4.90 Å². The fourth-order valence-electron chi connectivity index (χ4n) is 4.23. The van der Waals surface area contributed by atoms with Crippen molar-refractivity contribution in [3.63, 3.8) is 0 Å². The van der Waals surface area contributed by atoms with Crippen molar-refractivity contribution in [2.45, 2.75) is 150 Å². The summed E-state index contributed by atoms with van der Waals surface area (Å²) in [5, 5.41) is 0. The van der Waals surface area contributed by atoms with Gasteiger partial charge >= 0.3 is 0 Å². The van der Waals surface area contributed by atoms with E-state index in [-0.39, 0.29) is 0 Å². The number of unbranched alkanes of at least 4 members (excludes halogenated alkanes) is 16. The van der Waals surface area contributed by atoms with Gasteiger partial charge in [0.25, 0.3) is 0 Å². The van der Waals surface area contributed by atoms with Crippen LogP contribution in [0.2, 0.25) is 0 Å². The van der Waals surface area contributed by atoms with Crippen LogP contribution in [-0.2, 0) is 0 Å². The molecule has 1 heteroatoms. The molecule has 0 bridgehead atoms. The number of hydrogen-bond donors (Lipinski definition) is 0. The molecule has 0 spiro atoms. The van der Waals surface area contributed by atoms with E-state index in [4.69, 9.17) is 0 Å². The van der Waals surface area contributed by atoms with Crippen molar-refractivity contribution in [2.75, 3.05) is 19.6 Å². The van der Waals surface area contributed by atoms with E-state index >= 15 is 0 Å². The first-order chi connectivity index (χ1) is 13.5. The Balaban J connectivity index is 3.72. The topological polar surface area (TPSA) is 3.24 Å². The Morgan fingerprint density at radius 2 is 0.714 bits per heavy atom. The molecule has 0 aliphatic heterocycles. The Morgan fingerprint density at radius 3 is 1.00 bits per heavy atom. The zero-order valence-corrected chi connectivity index (χ0v) is 20.8. The lowest BCUT2D eigenvalue weighted by atomic mass is 9.95. The van der Waals surface area contributed by atoms with Crippen molar-refractivity contribution in [2.24, 2.45) is 5.41 Å². The van der Waals surface area contributed by atoms with E-state index in [1.165, 1.54) is 135 Å². The minimum absolute atomic E-state index is 0.429. The molecule has 0 aliphatic rings. The van der Waals surface area contributed by atoms with Crippen molar-refractivity contribution in [1.29, 1.82) is 0 Å². The van der Waals surface area contributed by atoms with Gasteiger partial charge in [-0.1, -0.05) is 137 Å². The highest BCUT2D eigenvalue weighted by molar-refractivity contribution is 4.69. The Labute approximate surface area is 180 Å². The van der Waals surface area contributed by atoms with Gasteiger partial charge in [0.1, 0.15) is 0 Å². The van der Waals surface area contributed by atoms with Gasteiger partial charge in [0.05, 0.1) is 0 Å². The minimum atomic E-state index is 0.429. The standard InChI is InChI=1S/C27H57N/c1-6-8-10-12-14-16-18-20-22-24-28(26-27(3,4)5)25-23-21-19-17-15-13-11-9-7-2/h6-26H2,1-5H3. The molecule has 170 valence electrons. The van der Waals surface area contributed by atoms with Gasteiger partial charge < -0.3 is 4.90 Å². The molecule has 0 aromatic carbocycles. The van der Waals surface area contributed by atoms with E-state index in [1.54, 1.807) is 0 Å². The SMILES string of the molecule is CCCCCCCCCCCN(CCCCCCCCCCC)CC(C)(C)C. The Kier molecular flexibility index (Phi) is 20.2. The van der Waals surface area contributed by atoms with Crippen molar-refractivity contribution in [3.05, 3.63) is 0 Å². The average Bonchev–Trinajstić information content (AvgIpc) is 2.64. The molecule has 0 rings (SSSR count). The molecule has 0 saturated heterocycles. The second kappa shape index (κ2) is 20.2. The molecular formula is C27H57N. The summed E-state index contributed by atoms with van der Waals surface area (Å²) in [6.45, 7) is 15.7. The van der Waals surface area contributed by atoms with Gasteiger partial charge in [0, 0.05) is 6.54 Å². The van der Waals surface area contributed by atoms with Crippen LogP contribution < -0.4 is 0 Å². The molecular weight excluding hydrogens is 338 g/mol. The summed E-state index contributed by atoms with van der Waals surface area (Å²) in [5.41, 5.74) is 0.429. The predicted octanol–water partition coefficient (Wildman–Crippen LogP) is 9.40. The minimum Gasteiger partial charge on any atom is -0.303 e. The highest BCUT2D eigenvalue weighted by atomic mass is 15.1. The summed E-state index contributed by atoms with van der Waals surface area (Å²) in [5.74, 6) is 0. The molecule has 1 nitrogen and oxygen atoms in total. The Bertz CT molecular complexity index is 269. The Hall–Kier alpha value is -0.0400. The summed E-state index contributed by atoms with van der Waals surface area (Å²) < 4.78 is 0. The molecule has 0 aromatic rings. The maximum absolute atomic E-state index is 2.77. The second-order valence-corrected chi connectivity index (χ2v) is 10.5. The van der Waals surface area contributed by atoms with Gasteiger partial charge in [0.15, 0.2) is 0 Å². The highest BCUT2D eigenvalue weighted by Crippen LogP contribution is 2.18. The van der Waals surface area contributed by atoms with Crippen LogP contribution >= 0.6 is 0 Å². The maximum atomic E-state index is 2.77. The van der Waals surface area contributed by atoms with Crippen LogP contribution in [0.4, 0.5) is 0 Å².